The van der Waals surface area contributed by atoms with Gasteiger partial charge in [0.15, 0.2) is 0 Å². The lowest BCUT2D eigenvalue weighted by atomic mass is 9.86. The second-order valence-corrected chi connectivity index (χ2v) is 9.23. The maximum atomic E-state index is 13.2. The van der Waals surface area contributed by atoms with E-state index in [1.165, 1.54) is 5.56 Å². The van der Waals surface area contributed by atoms with Crippen LogP contribution in [0.5, 0.6) is 0 Å². The highest BCUT2D eigenvalue weighted by molar-refractivity contribution is 7.89. The molecule has 0 amide bonds. The molecule has 0 N–H and O–H groups in total. The fourth-order valence-corrected chi connectivity index (χ4v) is 6.02. The molecule has 4 nitrogen and oxygen atoms in total. The Morgan fingerprint density at radius 2 is 1.77 bits per heavy atom. The Labute approximate surface area is 155 Å². The standard InChI is InChI=1S/C21H25NO3S/c1-16-7-9-18(10-8-16)26(23,24)22-13-11-19-20(22)12-14-25-21(19)15-17-5-3-2-4-6-17/h2-10,19-21H,11-15H2,1H3/t19-,20-,21-/m0/s1. The molecule has 0 bridgehead atoms. The van der Waals surface area contributed by atoms with E-state index in [1.807, 2.05) is 37.3 Å². The molecule has 2 heterocycles. The maximum Gasteiger partial charge on any atom is 0.243 e. The lowest BCUT2D eigenvalue weighted by Gasteiger charge is -2.36. The van der Waals surface area contributed by atoms with Crippen LogP contribution in [0.25, 0.3) is 0 Å². The Balaban J connectivity index is 1.55. The number of rotatable bonds is 4. The van der Waals surface area contributed by atoms with Crippen LogP contribution in [-0.4, -0.2) is 38.0 Å². The fourth-order valence-electron chi connectivity index (χ4n) is 4.30. The third-order valence-electron chi connectivity index (χ3n) is 5.68. The van der Waals surface area contributed by atoms with Gasteiger partial charge in [-0.3, -0.25) is 0 Å². The molecular formula is C21H25NO3S. The third-order valence-corrected chi connectivity index (χ3v) is 7.62. The van der Waals surface area contributed by atoms with Crippen molar-refractivity contribution in [1.82, 2.24) is 4.31 Å². The normalized spacial score (nSPS) is 26.6. The number of ether oxygens (including phenoxy) is 1. The number of hydrogen-bond acceptors (Lipinski definition) is 3. The number of aryl methyl sites for hydroxylation is 1. The molecule has 2 aromatic rings. The molecule has 0 radical (unpaired) electrons. The summed E-state index contributed by atoms with van der Waals surface area (Å²) >= 11 is 0. The Kier molecular flexibility index (Phi) is 4.86. The van der Waals surface area contributed by atoms with E-state index < -0.39 is 10.0 Å². The van der Waals surface area contributed by atoms with Gasteiger partial charge in [0.05, 0.1) is 11.0 Å². The molecule has 0 spiro atoms. The SMILES string of the molecule is Cc1ccc(S(=O)(=O)N2CC[C@@H]3[C@H](Cc4ccccc4)OCC[C@@H]32)cc1. The van der Waals surface area contributed by atoms with E-state index in [2.05, 4.69) is 12.1 Å². The predicted molar refractivity (Wildman–Crippen MR) is 101 cm³/mol. The molecule has 4 rings (SSSR count). The molecule has 2 saturated heterocycles. The second-order valence-electron chi connectivity index (χ2n) is 7.34. The van der Waals surface area contributed by atoms with Crippen molar-refractivity contribution in [2.75, 3.05) is 13.2 Å². The first-order chi connectivity index (χ1) is 12.6. The molecule has 2 aromatic carbocycles. The highest BCUT2D eigenvalue weighted by atomic mass is 32.2. The topological polar surface area (TPSA) is 46.6 Å². The van der Waals surface area contributed by atoms with Crippen LogP contribution < -0.4 is 0 Å². The van der Waals surface area contributed by atoms with Gasteiger partial charge in [0.25, 0.3) is 0 Å². The summed E-state index contributed by atoms with van der Waals surface area (Å²) in [6, 6.07) is 17.5. The van der Waals surface area contributed by atoms with Crippen molar-refractivity contribution >= 4 is 10.0 Å². The van der Waals surface area contributed by atoms with Crippen LogP contribution in [0.4, 0.5) is 0 Å². The molecule has 0 aliphatic carbocycles. The summed E-state index contributed by atoms with van der Waals surface area (Å²) in [5, 5.41) is 0. The van der Waals surface area contributed by atoms with Crippen molar-refractivity contribution in [2.24, 2.45) is 5.92 Å². The molecular weight excluding hydrogens is 346 g/mol. The van der Waals surface area contributed by atoms with Crippen LogP contribution in [-0.2, 0) is 21.2 Å². The number of benzene rings is 2. The molecule has 5 heteroatoms. The van der Waals surface area contributed by atoms with Crippen LogP contribution >= 0.6 is 0 Å². The van der Waals surface area contributed by atoms with Gasteiger partial charge in [-0.2, -0.15) is 4.31 Å². The van der Waals surface area contributed by atoms with Crippen molar-refractivity contribution in [3.8, 4) is 0 Å². The van der Waals surface area contributed by atoms with Gasteiger partial charge in [-0.25, -0.2) is 8.42 Å². The number of fused-ring (bicyclic) bond motifs is 1. The zero-order valence-corrected chi connectivity index (χ0v) is 15.9. The Morgan fingerprint density at radius 3 is 2.50 bits per heavy atom. The number of hydrogen-bond donors (Lipinski definition) is 0. The van der Waals surface area contributed by atoms with Gasteiger partial charge >= 0.3 is 0 Å². The zero-order valence-electron chi connectivity index (χ0n) is 15.0. The molecule has 3 atom stereocenters. The summed E-state index contributed by atoms with van der Waals surface area (Å²) < 4.78 is 34.1. The van der Waals surface area contributed by atoms with Crippen molar-refractivity contribution in [3.05, 3.63) is 65.7 Å². The van der Waals surface area contributed by atoms with Gasteiger partial charge < -0.3 is 4.74 Å². The quantitative estimate of drug-likeness (QED) is 0.827. The minimum absolute atomic E-state index is 0.0452. The van der Waals surface area contributed by atoms with Crippen molar-refractivity contribution in [1.29, 1.82) is 0 Å². The summed E-state index contributed by atoms with van der Waals surface area (Å²) in [6.45, 7) is 3.17. The van der Waals surface area contributed by atoms with Crippen molar-refractivity contribution in [2.45, 2.75) is 43.2 Å². The van der Waals surface area contributed by atoms with Gasteiger partial charge in [0.1, 0.15) is 0 Å². The van der Waals surface area contributed by atoms with Gasteiger partial charge in [0.2, 0.25) is 10.0 Å². The van der Waals surface area contributed by atoms with E-state index in [-0.39, 0.29) is 18.1 Å². The Morgan fingerprint density at radius 1 is 1.04 bits per heavy atom. The summed E-state index contributed by atoms with van der Waals surface area (Å²) in [5.74, 6) is 0.268. The van der Waals surface area contributed by atoms with E-state index in [0.717, 1.165) is 24.8 Å². The molecule has 0 aromatic heterocycles. The molecule has 138 valence electrons. The zero-order chi connectivity index (χ0) is 18.1. The van der Waals surface area contributed by atoms with E-state index >= 15 is 0 Å². The van der Waals surface area contributed by atoms with E-state index in [1.54, 1.807) is 16.4 Å². The van der Waals surface area contributed by atoms with Crippen LogP contribution in [0.15, 0.2) is 59.5 Å². The predicted octanol–water partition coefficient (Wildman–Crippen LogP) is 3.41. The first kappa shape index (κ1) is 17.7. The molecule has 26 heavy (non-hydrogen) atoms. The summed E-state index contributed by atoms with van der Waals surface area (Å²) in [4.78, 5) is 0.398. The van der Waals surface area contributed by atoms with Crippen molar-refractivity contribution in [3.63, 3.8) is 0 Å². The average molecular weight is 372 g/mol. The largest absolute Gasteiger partial charge is 0.377 e. The minimum atomic E-state index is -3.44. The minimum Gasteiger partial charge on any atom is -0.377 e. The first-order valence-corrected chi connectivity index (χ1v) is 10.7. The third kappa shape index (κ3) is 3.31. The molecule has 2 aliphatic heterocycles. The lowest BCUT2D eigenvalue weighted by Crippen LogP contribution is -2.46. The Hall–Kier alpha value is -1.69. The first-order valence-electron chi connectivity index (χ1n) is 9.30. The van der Waals surface area contributed by atoms with Gasteiger partial charge in [-0.1, -0.05) is 48.0 Å². The number of nitrogens with zero attached hydrogens (tertiary/aromatic N) is 1. The fraction of sp³-hybridized carbons (Fsp3) is 0.429. The number of sulfonamides is 1. The average Bonchev–Trinajstić information content (AvgIpc) is 3.09. The summed E-state index contributed by atoms with van der Waals surface area (Å²) in [6.07, 6.45) is 2.59. The van der Waals surface area contributed by atoms with Crippen LogP contribution in [0.3, 0.4) is 0 Å². The van der Waals surface area contributed by atoms with Crippen LogP contribution in [0.2, 0.25) is 0 Å². The highest BCUT2D eigenvalue weighted by Crippen LogP contribution is 2.38. The lowest BCUT2D eigenvalue weighted by molar-refractivity contribution is -0.0381. The van der Waals surface area contributed by atoms with E-state index in [9.17, 15) is 8.42 Å². The van der Waals surface area contributed by atoms with Crippen LogP contribution in [0.1, 0.15) is 24.0 Å². The smallest absolute Gasteiger partial charge is 0.243 e. The Bertz CT molecular complexity index is 849. The second kappa shape index (κ2) is 7.14. The van der Waals surface area contributed by atoms with E-state index in [4.69, 9.17) is 4.74 Å². The van der Waals surface area contributed by atoms with Crippen LogP contribution in [0, 0.1) is 12.8 Å². The maximum absolute atomic E-state index is 13.2. The van der Waals surface area contributed by atoms with Gasteiger partial charge in [-0.15, -0.1) is 0 Å². The summed E-state index contributed by atoms with van der Waals surface area (Å²) in [7, 11) is -3.44. The van der Waals surface area contributed by atoms with Crippen molar-refractivity contribution < 1.29 is 13.2 Å². The molecule has 0 unspecified atom stereocenters. The van der Waals surface area contributed by atoms with E-state index in [0.29, 0.717) is 18.0 Å². The molecule has 2 fully saturated rings. The van der Waals surface area contributed by atoms with Gasteiger partial charge in [-0.05, 0) is 43.9 Å². The summed E-state index contributed by atoms with van der Waals surface area (Å²) in [5.41, 5.74) is 2.32. The highest BCUT2D eigenvalue weighted by Gasteiger charge is 2.46. The van der Waals surface area contributed by atoms with Gasteiger partial charge in [0, 0.05) is 25.1 Å². The monoisotopic (exact) mass is 371 g/mol. The molecule has 2 aliphatic rings. The molecule has 0 saturated carbocycles.